The molecule has 1 fully saturated rings. The molecule has 0 amide bonds. The van der Waals surface area contributed by atoms with Gasteiger partial charge in [0.15, 0.2) is 5.78 Å². The number of carbonyl (C=O) groups is 1. The topological polar surface area (TPSA) is 41.5 Å². The molecule has 2 aliphatic heterocycles. The van der Waals surface area contributed by atoms with Crippen LogP contribution in [0.5, 0.6) is 0 Å². The number of ketones is 1. The van der Waals surface area contributed by atoms with Crippen molar-refractivity contribution in [2.75, 3.05) is 13.1 Å². The monoisotopic (exact) mass is 302 g/mol. The zero-order chi connectivity index (χ0) is 15.4. The van der Waals surface area contributed by atoms with Crippen molar-refractivity contribution < 1.29 is 4.79 Å². The van der Waals surface area contributed by atoms with Gasteiger partial charge >= 0.3 is 0 Å². The molecular weight excluding hydrogens is 284 g/mol. The van der Waals surface area contributed by atoms with Crippen LogP contribution in [0.2, 0.25) is 0 Å². The van der Waals surface area contributed by atoms with E-state index in [2.05, 4.69) is 17.4 Å². The number of rotatable bonds is 1. The van der Waals surface area contributed by atoms with Crippen molar-refractivity contribution >= 4 is 17.2 Å². The number of aliphatic imine (C=N–C) groups is 1. The van der Waals surface area contributed by atoms with Crippen molar-refractivity contribution in [3.05, 3.63) is 64.7 Å². The zero-order valence-electron chi connectivity index (χ0n) is 12.9. The van der Waals surface area contributed by atoms with Crippen LogP contribution in [0.1, 0.15) is 40.5 Å². The second kappa shape index (κ2) is 4.87. The molecule has 3 aliphatic rings. The van der Waals surface area contributed by atoms with Crippen molar-refractivity contribution in [3.63, 3.8) is 0 Å². The number of piperidine rings is 1. The van der Waals surface area contributed by atoms with Gasteiger partial charge in [0.25, 0.3) is 0 Å². The summed E-state index contributed by atoms with van der Waals surface area (Å²) < 4.78 is 0. The Morgan fingerprint density at radius 3 is 2.52 bits per heavy atom. The van der Waals surface area contributed by atoms with E-state index < -0.39 is 0 Å². The third kappa shape index (κ3) is 2.00. The van der Waals surface area contributed by atoms with Crippen LogP contribution in [0.15, 0.2) is 47.5 Å². The summed E-state index contributed by atoms with van der Waals surface area (Å²) in [7, 11) is 0. The highest BCUT2D eigenvalue weighted by Crippen LogP contribution is 2.46. The SMILES string of the molecule is O=C1Cc2cc3c(cc2N=C1c1ccccc1)C1CNCC3C1. The molecule has 3 heteroatoms. The molecule has 2 atom stereocenters. The van der Waals surface area contributed by atoms with E-state index in [0.717, 1.165) is 29.9 Å². The van der Waals surface area contributed by atoms with E-state index in [1.54, 1.807) is 0 Å². The quantitative estimate of drug-likeness (QED) is 0.879. The summed E-state index contributed by atoms with van der Waals surface area (Å²) in [6.07, 6.45) is 1.72. The van der Waals surface area contributed by atoms with E-state index in [1.165, 1.54) is 17.5 Å². The van der Waals surface area contributed by atoms with Crippen LogP contribution in [0, 0.1) is 0 Å². The van der Waals surface area contributed by atoms with Crippen LogP contribution in [-0.4, -0.2) is 24.6 Å². The summed E-state index contributed by atoms with van der Waals surface area (Å²) >= 11 is 0. The van der Waals surface area contributed by atoms with Crippen LogP contribution in [0.25, 0.3) is 0 Å². The largest absolute Gasteiger partial charge is 0.316 e. The van der Waals surface area contributed by atoms with Gasteiger partial charge in [0.1, 0.15) is 5.71 Å². The summed E-state index contributed by atoms with van der Waals surface area (Å²) in [6.45, 7) is 2.13. The predicted octanol–water partition coefficient (Wildman–Crippen LogP) is 3.11. The number of fused-ring (bicyclic) bond motifs is 6. The third-order valence-corrected chi connectivity index (χ3v) is 5.41. The lowest BCUT2D eigenvalue weighted by atomic mass is 9.91. The van der Waals surface area contributed by atoms with Gasteiger partial charge in [-0.15, -0.1) is 0 Å². The minimum absolute atomic E-state index is 0.128. The van der Waals surface area contributed by atoms with E-state index in [0.29, 0.717) is 24.0 Å². The van der Waals surface area contributed by atoms with Gasteiger partial charge in [0.2, 0.25) is 0 Å². The second-order valence-corrected chi connectivity index (χ2v) is 6.82. The van der Waals surface area contributed by atoms with Gasteiger partial charge in [0, 0.05) is 25.1 Å². The highest BCUT2D eigenvalue weighted by Gasteiger charge is 2.35. The van der Waals surface area contributed by atoms with Crippen LogP contribution in [-0.2, 0) is 11.2 Å². The van der Waals surface area contributed by atoms with Crippen LogP contribution < -0.4 is 5.32 Å². The maximum Gasteiger partial charge on any atom is 0.186 e. The number of hydrogen-bond donors (Lipinski definition) is 1. The van der Waals surface area contributed by atoms with E-state index >= 15 is 0 Å². The van der Waals surface area contributed by atoms with E-state index in [9.17, 15) is 4.79 Å². The van der Waals surface area contributed by atoms with Crippen molar-refractivity contribution in [2.24, 2.45) is 4.99 Å². The second-order valence-electron chi connectivity index (χ2n) is 6.82. The fraction of sp³-hybridized carbons (Fsp3) is 0.300. The normalized spacial score (nSPS) is 24.9. The van der Waals surface area contributed by atoms with Crippen LogP contribution in [0.3, 0.4) is 0 Å². The first-order valence-corrected chi connectivity index (χ1v) is 8.34. The first-order chi connectivity index (χ1) is 11.3. The lowest BCUT2D eigenvalue weighted by molar-refractivity contribution is -0.112. The Balaban J connectivity index is 1.64. The molecule has 0 saturated carbocycles. The highest BCUT2D eigenvalue weighted by molar-refractivity contribution is 6.47. The molecule has 1 saturated heterocycles. The molecule has 2 unspecified atom stereocenters. The number of benzene rings is 2. The Bertz CT molecular complexity index is 838. The summed E-state index contributed by atoms with van der Waals surface area (Å²) in [5, 5.41) is 3.52. The third-order valence-electron chi connectivity index (χ3n) is 5.41. The Morgan fingerprint density at radius 1 is 1.00 bits per heavy atom. The van der Waals surface area contributed by atoms with Crippen molar-refractivity contribution in [1.29, 1.82) is 0 Å². The van der Waals surface area contributed by atoms with Gasteiger partial charge in [-0.3, -0.25) is 4.79 Å². The molecule has 2 aromatic rings. The minimum atomic E-state index is 0.128. The van der Waals surface area contributed by atoms with Gasteiger partial charge in [-0.05, 0) is 41.0 Å². The van der Waals surface area contributed by atoms with Gasteiger partial charge in [-0.1, -0.05) is 36.4 Å². The van der Waals surface area contributed by atoms with Crippen molar-refractivity contribution in [2.45, 2.75) is 24.7 Å². The maximum absolute atomic E-state index is 12.5. The first-order valence-electron chi connectivity index (χ1n) is 8.34. The summed E-state index contributed by atoms with van der Waals surface area (Å²) in [5.41, 5.74) is 6.52. The molecule has 0 aromatic heterocycles. The fourth-order valence-electron chi connectivity index (χ4n) is 4.30. The molecule has 2 heterocycles. The van der Waals surface area contributed by atoms with Gasteiger partial charge < -0.3 is 5.32 Å². The Hall–Kier alpha value is -2.26. The van der Waals surface area contributed by atoms with Gasteiger partial charge in [-0.2, -0.15) is 0 Å². The Kier molecular flexibility index (Phi) is 2.79. The molecular formula is C20H18N2O. The average molecular weight is 302 g/mol. The molecule has 3 nitrogen and oxygen atoms in total. The number of Topliss-reactive ketones (excluding diaryl/α,β-unsaturated/α-hetero) is 1. The van der Waals surface area contributed by atoms with Gasteiger partial charge in [-0.25, -0.2) is 4.99 Å². The molecule has 0 spiro atoms. The molecule has 23 heavy (non-hydrogen) atoms. The zero-order valence-corrected chi connectivity index (χ0v) is 12.9. The molecule has 1 aliphatic carbocycles. The lowest BCUT2D eigenvalue weighted by Gasteiger charge is -2.19. The molecule has 2 aromatic carbocycles. The molecule has 5 rings (SSSR count). The van der Waals surface area contributed by atoms with E-state index in [1.807, 2.05) is 30.3 Å². The molecule has 2 bridgehead atoms. The highest BCUT2D eigenvalue weighted by atomic mass is 16.1. The number of hydrogen-bond acceptors (Lipinski definition) is 3. The minimum Gasteiger partial charge on any atom is -0.316 e. The predicted molar refractivity (Wildman–Crippen MR) is 90.8 cm³/mol. The fourth-order valence-corrected chi connectivity index (χ4v) is 4.30. The standard InChI is InChI=1S/C20H18N2O/c23-19-8-13-7-16-14-6-15(11-21-10-14)17(16)9-18(13)22-20(19)12-4-2-1-3-5-12/h1-5,7,9,14-15,21H,6,8,10-11H2. The first kappa shape index (κ1) is 13.2. The average Bonchev–Trinajstić information content (AvgIpc) is 2.83. The van der Waals surface area contributed by atoms with Crippen molar-refractivity contribution in [1.82, 2.24) is 5.32 Å². The molecule has 114 valence electrons. The Labute approximate surface area is 135 Å². The summed E-state index contributed by atoms with van der Waals surface area (Å²) in [5.74, 6) is 1.36. The number of nitrogens with zero attached hydrogens (tertiary/aromatic N) is 1. The van der Waals surface area contributed by atoms with E-state index in [4.69, 9.17) is 4.99 Å². The van der Waals surface area contributed by atoms with Crippen molar-refractivity contribution in [3.8, 4) is 0 Å². The lowest BCUT2D eigenvalue weighted by Crippen LogP contribution is -2.28. The smallest absolute Gasteiger partial charge is 0.186 e. The molecule has 1 N–H and O–H groups in total. The Morgan fingerprint density at radius 2 is 1.74 bits per heavy atom. The number of carbonyl (C=O) groups excluding carboxylic acids is 1. The summed E-state index contributed by atoms with van der Waals surface area (Å²) in [6, 6.07) is 14.3. The van der Waals surface area contributed by atoms with Crippen LogP contribution in [0.4, 0.5) is 5.69 Å². The van der Waals surface area contributed by atoms with Crippen LogP contribution >= 0.6 is 0 Å². The van der Waals surface area contributed by atoms with E-state index in [-0.39, 0.29) is 5.78 Å². The van der Waals surface area contributed by atoms with Gasteiger partial charge in [0.05, 0.1) is 5.69 Å². The maximum atomic E-state index is 12.5. The number of nitrogens with one attached hydrogen (secondary N) is 1. The molecule has 0 radical (unpaired) electrons. The summed E-state index contributed by atoms with van der Waals surface area (Å²) in [4.78, 5) is 17.3.